The van der Waals surface area contributed by atoms with Crippen LogP contribution in [-0.2, 0) is 5.41 Å². The quantitative estimate of drug-likeness (QED) is 0.563. The maximum Gasteiger partial charge on any atom is 0.251 e. The number of nitrogen functional groups attached to an aromatic ring is 1. The molecule has 112 valence electrons. The van der Waals surface area contributed by atoms with E-state index in [1.165, 1.54) is 17.1 Å². The molecule has 0 radical (unpaired) electrons. The van der Waals surface area contributed by atoms with Crippen LogP contribution < -0.4 is 17.0 Å². The van der Waals surface area contributed by atoms with Crippen molar-refractivity contribution in [3.05, 3.63) is 29.3 Å². The highest BCUT2D eigenvalue weighted by Gasteiger charge is 2.22. The van der Waals surface area contributed by atoms with E-state index in [-0.39, 0.29) is 5.41 Å². The molecule has 0 atom stereocenters. The van der Waals surface area contributed by atoms with Crippen LogP contribution in [0.2, 0.25) is 0 Å². The molecule has 0 bridgehead atoms. The summed E-state index contributed by atoms with van der Waals surface area (Å²) < 4.78 is 1.49. The minimum Gasteiger partial charge on any atom is -0.366 e. The number of hydrogen-bond acceptors (Lipinski definition) is 6. The number of anilines is 1. The molecular weight excluding hydrogens is 270 g/mol. The highest BCUT2D eigenvalue weighted by Crippen LogP contribution is 2.25. The fourth-order valence-electron chi connectivity index (χ4n) is 1.77. The summed E-state index contributed by atoms with van der Waals surface area (Å²) in [6, 6.07) is 0. The Morgan fingerprint density at radius 2 is 2.00 bits per heavy atom. The largest absolute Gasteiger partial charge is 0.366 e. The summed E-state index contributed by atoms with van der Waals surface area (Å²) in [6.07, 6.45) is 2.93. The molecule has 8 heteroatoms. The molecule has 2 rings (SSSR count). The van der Waals surface area contributed by atoms with Gasteiger partial charge in [0.25, 0.3) is 5.91 Å². The maximum absolute atomic E-state index is 11.2. The number of carbonyl (C=O) groups excluding carboxylic acids is 1. The van der Waals surface area contributed by atoms with Crippen LogP contribution in [0.4, 0.5) is 5.82 Å². The van der Waals surface area contributed by atoms with Crippen LogP contribution in [0.5, 0.6) is 0 Å². The van der Waals surface area contributed by atoms with E-state index in [4.69, 9.17) is 11.6 Å². The summed E-state index contributed by atoms with van der Waals surface area (Å²) >= 11 is 0. The predicted molar refractivity (Wildman–Crippen MR) is 78.9 cm³/mol. The van der Waals surface area contributed by atoms with E-state index < -0.39 is 5.91 Å². The van der Waals surface area contributed by atoms with Crippen molar-refractivity contribution in [3.63, 3.8) is 0 Å². The number of carbonyl (C=O) groups is 1. The third-order valence-electron chi connectivity index (χ3n) is 3.01. The Kier molecular flexibility index (Phi) is 3.65. The second-order valence-electron chi connectivity index (χ2n) is 5.78. The molecule has 0 saturated heterocycles. The lowest BCUT2D eigenvalue weighted by atomic mass is 9.95. The van der Waals surface area contributed by atoms with Gasteiger partial charge in [-0.2, -0.15) is 5.10 Å². The first-order valence-electron chi connectivity index (χ1n) is 6.44. The molecular formula is C13H19N7O. The number of nitrogens with two attached hydrogens (primary N) is 2. The average Bonchev–Trinajstić information content (AvgIpc) is 2.87. The van der Waals surface area contributed by atoms with E-state index in [0.717, 1.165) is 5.56 Å². The number of rotatable bonds is 3. The van der Waals surface area contributed by atoms with Crippen LogP contribution >= 0.6 is 0 Å². The molecule has 2 aromatic rings. The lowest BCUT2D eigenvalue weighted by Gasteiger charge is -2.20. The monoisotopic (exact) mass is 289 g/mol. The highest BCUT2D eigenvalue weighted by molar-refractivity contribution is 5.92. The standard InChI is InChI=1S/C13H19N7O/c1-7-10(19-15)17-12(13(2,3)4)18-11(7)20-6-8(5-16-20)9(14)21/h5-6H,15H2,1-4H3,(H2,14,21)(H,17,18,19). The number of amides is 1. The van der Waals surface area contributed by atoms with Crippen LogP contribution in [0, 0.1) is 6.92 Å². The first-order chi connectivity index (χ1) is 9.74. The van der Waals surface area contributed by atoms with Crippen molar-refractivity contribution in [2.45, 2.75) is 33.1 Å². The molecule has 0 fully saturated rings. The molecule has 0 spiro atoms. The van der Waals surface area contributed by atoms with Gasteiger partial charge in [0.15, 0.2) is 5.82 Å². The van der Waals surface area contributed by atoms with Crippen molar-refractivity contribution in [3.8, 4) is 5.82 Å². The normalized spacial score (nSPS) is 11.5. The van der Waals surface area contributed by atoms with Crippen LogP contribution in [0.3, 0.4) is 0 Å². The molecule has 2 aromatic heterocycles. The zero-order valence-corrected chi connectivity index (χ0v) is 12.5. The molecule has 8 nitrogen and oxygen atoms in total. The van der Waals surface area contributed by atoms with Gasteiger partial charge in [-0.1, -0.05) is 20.8 Å². The number of hydrogen-bond donors (Lipinski definition) is 3. The molecule has 21 heavy (non-hydrogen) atoms. The van der Waals surface area contributed by atoms with Gasteiger partial charge >= 0.3 is 0 Å². The Morgan fingerprint density at radius 1 is 1.33 bits per heavy atom. The van der Waals surface area contributed by atoms with Gasteiger partial charge in [-0.15, -0.1) is 0 Å². The number of aromatic nitrogens is 4. The summed E-state index contributed by atoms with van der Waals surface area (Å²) in [7, 11) is 0. The smallest absolute Gasteiger partial charge is 0.251 e. The number of hydrazine groups is 1. The van der Waals surface area contributed by atoms with Crippen LogP contribution in [-0.4, -0.2) is 25.7 Å². The Labute approximate surface area is 122 Å². The van der Waals surface area contributed by atoms with E-state index >= 15 is 0 Å². The molecule has 5 N–H and O–H groups in total. The molecule has 2 heterocycles. The zero-order valence-electron chi connectivity index (χ0n) is 12.5. The van der Waals surface area contributed by atoms with E-state index in [2.05, 4.69) is 20.5 Å². The van der Waals surface area contributed by atoms with Crippen molar-refractivity contribution in [1.82, 2.24) is 19.7 Å². The van der Waals surface area contributed by atoms with Crippen molar-refractivity contribution >= 4 is 11.7 Å². The summed E-state index contributed by atoms with van der Waals surface area (Å²) in [5.74, 6) is 6.66. The first-order valence-corrected chi connectivity index (χ1v) is 6.44. The van der Waals surface area contributed by atoms with Gasteiger partial charge in [0.2, 0.25) is 0 Å². The van der Waals surface area contributed by atoms with Gasteiger partial charge < -0.3 is 11.2 Å². The lowest BCUT2D eigenvalue weighted by molar-refractivity contribution is 0.100. The first kappa shape index (κ1) is 14.9. The molecule has 0 aliphatic rings. The second kappa shape index (κ2) is 5.13. The fraction of sp³-hybridized carbons (Fsp3) is 0.385. The molecule has 1 amide bonds. The molecule has 0 unspecified atom stereocenters. The van der Waals surface area contributed by atoms with Gasteiger partial charge in [0.1, 0.15) is 11.6 Å². The molecule has 0 saturated carbocycles. The minimum absolute atomic E-state index is 0.256. The Balaban J connectivity index is 2.63. The Bertz CT molecular complexity index is 684. The third-order valence-corrected chi connectivity index (χ3v) is 3.01. The molecule has 0 aliphatic heterocycles. The fourth-order valence-corrected chi connectivity index (χ4v) is 1.77. The zero-order chi connectivity index (χ0) is 15.8. The Morgan fingerprint density at radius 3 is 2.48 bits per heavy atom. The summed E-state index contributed by atoms with van der Waals surface area (Å²) in [4.78, 5) is 20.1. The van der Waals surface area contributed by atoms with Crippen LogP contribution in [0.15, 0.2) is 12.4 Å². The number of primary amides is 1. The SMILES string of the molecule is Cc1c(NN)nc(C(C)(C)C)nc1-n1cc(C(N)=O)cn1. The van der Waals surface area contributed by atoms with Crippen molar-refractivity contribution in [2.75, 3.05) is 5.43 Å². The maximum atomic E-state index is 11.2. The van der Waals surface area contributed by atoms with Gasteiger partial charge in [0, 0.05) is 17.2 Å². The van der Waals surface area contributed by atoms with E-state index in [1.807, 2.05) is 27.7 Å². The van der Waals surface area contributed by atoms with Gasteiger partial charge in [-0.05, 0) is 6.92 Å². The summed E-state index contributed by atoms with van der Waals surface area (Å²) in [5, 5.41) is 4.12. The minimum atomic E-state index is -0.541. The summed E-state index contributed by atoms with van der Waals surface area (Å²) in [5.41, 5.74) is 8.59. The molecule has 0 aromatic carbocycles. The number of nitrogens with one attached hydrogen (secondary N) is 1. The topological polar surface area (TPSA) is 125 Å². The van der Waals surface area contributed by atoms with Crippen molar-refractivity contribution in [1.29, 1.82) is 0 Å². The van der Waals surface area contributed by atoms with E-state index in [9.17, 15) is 4.79 Å². The van der Waals surface area contributed by atoms with Gasteiger partial charge in [0.05, 0.1) is 11.8 Å². The third kappa shape index (κ3) is 2.84. The average molecular weight is 289 g/mol. The second-order valence-corrected chi connectivity index (χ2v) is 5.78. The van der Waals surface area contributed by atoms with Crippen molar-refractivity contribution in [2.24, 2.45) is 11.6 Å². The van der Waals surface area contributed by atoms with Gasteiger partial charge in [-0.25, -0.2) is 20.5 Å². The number of nitrogens with zero attached hydrogens (tertiary/aromatic N) is 4. The lowest BCUT2D eigenvalue weighted by Crippen LogP contribution is -2.22. The van der Waals surface area contributed by atoms with Crippen LogP contribution in [0.1, 0.15) is 42.5 Å². The van der Waals surface area contributed by atoms with Crippen LogP contribution in [0.25, 0.3) is 5.82 Å². The van der Waals surface area contributed by atoms with E-state index in [1.54, 1.807) is 0 Å². The van der Waals surface area contributed by atoms with Gasteiger partial charge in [-0.3, -0.25) is 4.79 Å². The van der Waals surface area contributed by atoms with E-state index in [0.29, 0.717) is 23.0 Å². The Hall–Kier alpha value is -2.48. The highest BCUT2D eigenvalue weighted by atomic mass is 16.1. The molecule has 0 aliphatic carbocycles. The summed E-state index contributed by atoms with van der Waals surface area (Å²) in [6.45, 7) is 7.82. The predicted octanol–water partition coefficient (Wildman–Crippen LogP) is 0.653. The van der Waals surface area contributed by atoms with Crippen molar-refractivity contribution < 1.29 is 4.79 Å².